The SMILES string of the molecule is CC(C)CCCCCC(C)c1cccc(OCC(=O)O)c1. The Morgan fingerprint density at radius 3 is 2.52 bits per heavy atom. The fourth-order valence-corrected chi connectivity index (χ4v) is 2.40. The van der Waals surface area contributed by atoms with Crippen LogP contribution in [0, 0.1) is 5.92 Å². The summed E-state index contributed by atoms with van der Waals surface area (Å²) in [6, 6.07) is 7.79. The number of rotatable bonds is 10. The Kier molecular flexibility index (Phi) is 7.88. The predicted molar refractivity (Wildman–Crippen MR) is 85.9 cm³/mol. The fourth-order valence-electron chi connectivity index (χ4n) is 2.40. The zero-order valence-corrected chi connectivity index (χ0v) is 13.5. The van der Waals surface area contributed by atoms with Gasteiger partial charge in [-0.25, -0.2) is 4.79 Å². The Labute approximate surface area is 128 Å². The second kappa shape index (κ2) is 9.43. The van der Waals surface area contributed by atoms with E-state index >= 15 is 0 Å². The molecule has 0 aromatic heterocycles. The molecule has 0 aliphatic rings. The molecule has 0 saturated heterocycles. The van der Waals surface area contributed by atoms with Gasteiger partial charge in [0.15, 0.2) is 6.61 Å². The van der Waals surface area contributed by atoms with Crippen LogP contribution in [0.5, 0.6) is 5.75 Å². The van der Waals surface area contributed by atoms with Crippen LogP contribution in [0.4, 0.5) is 0 Å². The summed E-state index contributed by atoms with van der Waals surface area (Å²) in [6.45, 7) is 6.47. The minimum absolute atomic E-state index is 0.285. The number of hydrogen-bond acceptors (Lipinski definition) is 2. The van der Waals surface area contributed by atoms with Crippen molar-refractivity contribution in [3.8, 4) is 5.75 Å². The Morgan fingerprint density at radius 1 is 1.14 bits per heavy atom. The molecular weight excluding hydrogens is 264 g/mol. The lowest BCUT2D eigenvalue weighted by Gasteiger charge is -2.13. The van der Waals surface area contributed by atoms with Crippen LogP contribution in [-0.4, -0.2) is 17.7 Å². The Bertz CT molecular complexity index is 426. The Balaban J connectivity index is 2.37. The Hall–Kier alpha value is -1.51. The van der Waals surface area contributed by atoms with Crippen molar-refractivity contribution in [2.24, 2.45) is 5.92 Å². The summed E-state index contributed by atoms with van der Waals surface area (Å²) in [5.74, 6) is 0.975. The van der Waals surface area contributed by atoms with Crippen molar-refractivity contribution in [1.29, 1.82) is 0 Å². The first-order valence-corrected chi connectivity index (χ1v) is 7.93. The largest absolute Gasteiger partial charge is 0.482 e. The van der Waals surface area contributed by atoms with Gasteiger partial charge in [0.25, 0.3) is 0 Å². The van der Waals surface area contributed by atoms with Crippen LogP contribution in [-0.2, 0) is 4.79 Å². The zero-order valence-electron chi connectivity index (χ0n) is 13.5. The summed E-state index contributed by atoms with van der Waals surface area (Å²) >= 11 is 0. The number of unbranched alkanes of at least 4 members (excludes halogenated alkanes) is 2. The van der Waals surface area contributed by atoms with Crippen molar-refractivity contribution in [1.82, 2.24) is 0 Å². The van der Waals surface area contributed by atoms with Crippen LogP contribution >= 0.6 is 0 Å². The Morgan fingerprint density at radius 2 is 1.86 bits per heavy atom. The third kappa shape index (κ3) is 7.74. The molecule has 0 aliphatic carbocycles. The molecule has 0 fully saturated rings. The highest BCUT2D eigenvalue weighted by atomic mass is 16.5. The van der Waals surface area contributed by atoms with Gasteiger partial charge in [-0.3, -0.25) is 0 Å². The van der Waals surface area contributed by atoms with Gasteiger partial charge in [0.2, 0.25) is 0 Å². The van der Waals surface area contributed by atoms with Gasteiger partial charge in [-0.1, -0.05) is 58.6 Å². The maximum absolute atomic E-state index is 10.5. The molecule has 0 spiro atoms. The molecule has 1 aromatic rings. The molecular formula is C18H28O3. The second-order valence-corrected chi connectivity index (χ2v) is 6.19. The maximum Gasteiger partial charge on any atom is 0.341 e. The molecule has 118 valence electrons. The summed E-state index contributed by atoms with van der Waals surface area (Å²) in [5.41, 5.74) is 1.22. The van der Waals surface area contributed by atoms with Gasteiger partial charge in [0.1, 0.15) is 5.75 Å². The van der Waals surface area contributed by atoms with Crippen molar-refractivity contribution in [2.45, 2.75) is 58.8 Å². The minimum Gasteiger partial charge on any atom is -0.482 e. The van der Waals surface area contributed by atoms with Gasteiger partial charge in [0.05, 0.1) is 0 Å². The van der Waals surface area contributed by atoms with E-state index in [-0.39, 0.29) is 6.61 Å². The first kappa shape index (κ1) is 17.5. The number of ether oxygens (including phenoxy) is 1. The lowest BCUT2D eigenvalue weighted by Crippen LogP contribution is -2.09. The van der Waals surface area contributed by atoms with Crippen LogP contribution in [0.1, 0.15) is 64.4 Å². The van der Waals surface area contributed by atoms with Crippen LogP contribution in [0.25, 0.3) is 0 Å². The molecule has 0 radical (unpaired) electrons. The number of carboxylic acids is 1. The predicted octanol–water partition coefficient (Wildman–Crippen LogP) is 4.86. The number of benzene rings is 1. The van der Waals surface area contributed by atoms with E-state index in [1.807, 2.05) is 18.2 Å². The molecule has 21 heavy (non-hydrogen) atoms. The smallest absolute Gasteiger partial charge is 0.341 e. The average Bonchev–Trinajstić information content (AvgIpc) is 2.44. The number of carbonyl (C=O) groups is 1. The first-order valence-electron chi connectivity index (χ1n) is 7.93. The topological polar surface area (TPSA) is 46.5 Å². The van der Waals surface area contributed by atoms with Gasteiger partial charge < -0.3 is 9.84 Å². The normalized spacial score (nSPS) is 12.4. The van der Waals surface area contributed by atoms with Gasteiger partial charge in [-0.15, -0.1) is 0 Å². The van der Waals surface area contributed by atoms with Crippen LogP contribution in [0.15, 0.2) is 24.3 Å². The molecule has 1 atom stereocenters. The zero-order chi connectivity index (χ0) is 15.7. The van der Waals surface area contributed by atoms with E-state index in [2.05, 4.69) is 26.8 Å². The standard InChI is InChI=1S/C18H28O3/c1-14(2)8-5-4-6-9-15(3)16-10-7-11-17(12-16)21-13-18(19)20/h7,10-12,14-15H,4-6,8-9,13H2,1-3H3,(H,19,20). The maximum atomic E-state index is 10.5. The minimum atomic E-state index is -0.946. The molecule has 0 bridgehead atoms. The number of carboxylic acid groups (broad SMARTS) is 1. The number of hydrogen-bond donors (Lipinski definition) is 1. The molecule has 1 rings (SSSR count). The fraction of sp³-hybridized carbons (Fsp3) is 0.611. The van der Waals surface area contributed by atoms with E-state index in [0.717, 1.165) is 5.92 Å². The average molecular weight is 292 g/mol. The summed E-state index contributed by atoms with van der Waals surface area (Å²) in [7, 11) is 0. The molecule has 0 saturated carbocycles. The van der Waals surface area contributed by atoms with Gasteiger partial charge >= 0.3 is 5.97 Å². The van der Waals surface area contributed by atoms with Crippen LogP contribution in [0.2, 0.25) is 0 Å². The third-order valence-corrected chi connectivity index (χ3v) is 3.71. The monoisotopic (exact) mass is 292 g/mol. The van der Waals surface area contributed by atoms with E-state index < -0.39 is 5.97 Å². The summed E-state index contributed by atoms with van der Waals surface area (Å²) in [5, 5.41) is 8.63. The van der Waals surface area contributed by atoms with E-state index in [1.54, 1.807) is 0 Å². The lowest BCUT2D eigenvalue weighted by atomic mass is 9.94. The van der Waals surface area contributed by atoms with Crippen molar-refractivity contribution < 1.29 is 14.6 Å². The highest BCUT2D eigenvalue weighted by Gasteiger charge is 2.07. The van der Waals surface area contributed by atoms with E-state index in [4.69, 9.17) is 9.84 Å². The molecule has 3 heteroatoms. The first-order chi connectivity index (χ1) is 9.99. The second-order valence-electron chi connectivity index (χ2n) is 6.19. The van der Waals surface area contributed by atoms with Gasteiger partial charge in [0, 0.05) is 0 Å². The van der Waals surface area contributed by atoms with Crippen molar-refractivity contribution in [3.05, 3.63) is 29.8 Å². The molecule has 0 aliphatic heterocycles. The van der Waals surface area contributed by atoms with Gasteiger partial charge in [-0.05, 0) is 36.0 Å². The molecule has 1 N–H and O–H groups in total. The van der Waals surface area contributed by atoms with Crippen molar-refractivity contribution >= 4 is 5.97 Å². The van der Waals surface area contributed by atoms with Crippen molar-refractivity contribution in [3.63, 3.8) is 0 Å². The van der Waals surface area contributed by atoms with E-state index in [0.29, 0.717) is 11.7 Å². The summed E-state index contributed by atoms with van der Waals surface area (Å²) < 4.78 is 5.23. The summed E-state index contributed by atoms with van der Waals surface area (Å²) in [6.07, 6.45) is 6.32. The van der Waals surface area contributed by atoms with Crippen LogP contribution < -0.4 is 4.74 Å². The molecule has 3 nitrogen and oxygen atoms in total. The lowest BCUT2D eigenvalue weighted by molar-refractivity contribution is -0.139. The highest BCUT2D eigenvalue weighted by Crippen LogP contribution is 2.25. The highest BCUT2D eigenvalue weighted by molar-refractivity contribution is 5.68. The summed E-state index contributed by atoms with van der Waals surface area (Å²) in [4.78, 5) is 10.5. The van der Waals surface area contributed by atoms with Gasteiger partial charge in [-0.2, -0.15) is 0 Å². The molecule has 1 aromatic carbocycles. The van der Waals surface area contributed by atoms with E-state index in [9.17, 15) is 4.79 Å². The molecule has 0 amide bonds. The van der Waals surface area contributed by atoms with Crippen LogP contribution in [0.3, 0.4) is 0 Å². The third-order valence-electron chi connectivity index (χ3n) is 3.71. The molecule has 0 heterocycles. The molecule has 1 unspecified atom stereocenters. The quantitative estimate of drug-likeness (QED) is 0.626. The number of aliphatic carboxylic acids is 1. The van der Waals surface area contributed by atoms with E-state index in [1.165, 1.54) is 37.7 Å². The van der Waals surface area contributed by atoms with Crippen molar-refractivity contribution in [2.75, 3.05) is 6.61 Å².